The van der Waals surface area contributed by atoms with Gasteiger partial charge in [0.05, 0.1) is 16.3 Å². The number of nitrogens with zero attached hydrogens (tertiary/aromatic N) is 1. The third-order valence-electron chi connectivity index (χ3n) is 4.40. The fourth-order valence-electron chi connectivity index (χ4n) is 2.70. The van der Waals surface area contributed by atoms with Crippen LogP contribution in [0, 0.1) is 0 Å². The van der Waals surface area contributed by atoms with Crippen molar-refractivity contribution in [1.29, 1.82) is 0 Å². The van der Waals surface area contributed by atoms with Crippen molar-refractivity contribution in [2.24, 2.45) is 0 Å². The highest BCUT2D eigenvalue weighted by Gasteiger charge is 2.17. The molecule has 0 spiro atoms. The lowest BCUT2D eigenvalue weighted by Crippen LogP contribution is -2.27. The van der Waals surface area contributed by atoms with Gasteiger partial charge in [-0.05, 0) is 55.6 Å². The fraction of sp³-hybridized carbons (Fsp3) is 0.200. The Morgan fingerprint density at radius 1 is 1.11 bits per heavy atom. The van der Waals surface area contributed by atoms with Crippen molar-refractivity contribution in [3.63, 3.8) is 0 Å². The first kappa shape index (κ1) is 20.0. The minimum atomic E-state index is -3.35. The van der Waals surface area contributed by atoms with Gasteiger partial charge in [0.1, 0.15) is 0 Å². The van der Waals surface area contributed by atoms with Crippen LogP contribution in [-0.2, 0) is 10.0 Å². The van der Waals surface area contributed by atoms with E-state index in [0.717, 1.165) is 10.1 Å². The molecule has 1 aromatic heterocycles. The number of anilines is 2. The average Bonchev–Trinajstić information content (AvgIpc) is 3.11. The van der Waals surface area contributed by atoms with E-state index in [1.165, 1.54) is 29.6 Å². The molecule has 0 radical (unpaired) electrons. The first-order valence-electron chi connectivity index (χ1n) is 8.64. The molecule has 0 atom stereocenters. The van der Waals surface area contributed by atoms with E-state index in [9.17, 15) is 18.0 Å². The average molecular weight is 417 g/mol. The van der Waals surface area contributed by atoms with E-state index in [1.807, 2.05) is 6.07 Å². The van der Waals surface area contributed by atoms with Crippen LogP contribution in [0.3, 0.4) is 0 Å². The number of fused-ring (bicyclic) bond motifs is 1. The van der Waals surface area contributed by atoms with Gasteiger partial charge in [-0.1, -0.05) is 12.1 Å². The highest BCUT2D eigenvalue weighted by Crippen LogP contribution is 2.30. The number of hydrogen-bond donors (Lipinski definition) is 1. The van der Waals surface area contributed by atoms with E-state index in [1.54, 1.807) is 49.4 Å². The number of Topliss-reactive ketones (excluding diaryl/α,β-unsaturated/α-hetero) is 1. The number of nitrogens with one attached hydrogen (secondary N) is 1. The van der Waals surface area contributed by atoms with Crippen molar-refractivity contribution in [2.45, 2.75) is 13.8 Å². The quantitative estimate of drug-likeness (QED) is 0.612. The molecule has 2 aromatic carbocycles. The summed E-state index contributed by atoms with van der Waals surface area (Å²) in [7, 11) is -1.84. The monoisotopic (exact) mass is 416 g/mol. The predicted molar refractivity (Wildman–Crippen MR) is 114 cm³/mol. The number of thiophene rings is 1. The maximum absolute atomic E-state index is 12.6. The molecule has 6 nitrogen and oxygen atoms in total. The lowest BCUT2D eigenvalue weighted by molar-refractivity contribution is 0.101. The summed E-state index contributed by atoms with van der Waals surface area (Å²) in [5.74, 6) is -0.340. The Hall–Kier alpha value is -2.71. The summed E-state index contributed by atoms with van der Waals surface area (Å²) in [5, 5.41) is 3.59. The lowest BCUT2D eigenvalue weighted by atomic mass is 10.1. The van der Waals surface area contributed by atoms with Gasteiger partial charge >= 0.3 is 0 Å². The Kier molecular flexibility index (Phi) is 5.53. The standard InChI is InChI=1S/C20H20N2O4S2/c1-4-28(25,26)22(3)17-8-9-18-15(11-17)12-19(27-18)20(24)21-16-7-5-6-14(10-16)13(2)23/h5-12H,4H2,1-3H3,(H,21,24). The van der Waals surface area contributed by atoms with Crippen LogP contribution in [0.4, 0.5) is 11.4 Å². The molecule has 0 aliphatic rings. The van der Waals surface area contributed by atoms with Crippen LogP contribution in [0.2, 0.25) is 0 Å². The molecule has 0 aliphatic carbocycles. The molecule has 1 heterocycles. The molecule has 28 heavy (non-hydrogen) atoms. The molecule has 146 valence electrons. The van der Waals surface area contributed by atoms with Gasteiger partial charge in [-0.2, -0.15) is 0 Å². The fourth-order valence-corrected chi connectivity index (χ4v) is 4.46. The summed E-state index contributed by atoms with van der Waals surface area (Å²) >= 11 is 1.32. The van der Waals surface area contributed by atoms with Crippen LogP contribution in [0.15, 0.2) is 48.5 Å². The molecule has 0 aliphatic heterocycles. The normalized spacial score (nSPS) is 11.4. The van der Waals surface area contributed by atoms with E-state index < -0.39 is 10.0 Å². The van der Waals surface area contributed by atoms with Gasteiger partial charge in [0.2, 0.25) is 10.0 Å². The third-order valence-corrected chi connectivity index (χ3v) is 7.29. The van der Waals surface area contributed by atoms with E-state index in [2.05, 4.69) is 5.32 Å². The summed E-state index contributed by atoms with van der Waals surface area (Å²) in [6, 6.07) is 13.8. The number of carbonyl (C=O) groups excluding carboxylic acids is 2. The topological polar surface area (TPSA) is 83.6 Å². The van der Waals surface area contributed by atoms with Gasteiger partial charge in [-0.15, -0.1) is 11.3 Å². The van der Waals surface area contributed by atoms with Crippen molar-refractivity contribution in [1.82, 2.24) is 0 Å². The second-order valence-corrected chi connectivity index (χ2v) is 9.66. The first-order chi connectivity index (χ1) is 13.2. The van der Waals surface area contributed by atoms with E-state index >= 15 is 0 Å². The molecular weight excluding hydrogens is 396 g/mol. The minimum Gasteiger partial charge on any atom is -0.321 e. The van der Waals surface area contributed by atoms with Gasteiger partial charge in [0.25, 0.3) is 5.91 Å². The second-order valence-electron chi connectivity index (χ2n) is 6.29. The lowest BCUT2D eigenvalue weighted by Gasteiger charge is -2.18. The summed E-state index contributed by atoms with van der Waals surface area (Å²) in [4.78, 5) is 24.6. The van der Waals surface area contributed by atoms with E-state index in [4.69, 9.17) is 0 Å². The van der Waals surface area contributed by atoms with Gasteiger partial charge < -0.3 is 5.32 Å². The molecule has 8 heteroatoms. The van der Waals surface area contributed by atoms with Crippen LogP contribution in [0.25, 0.3) is 10.1 Å². The highest BCUT2D eigenvalue weighted by molar-refractivity contribution is 7.92. The zero-order valence-electron chi connectivity index (χ0n) is 15.7. The Morgan fingerprint density at radius 2 is 1.86 bits per heavy atom. The number of carbonyl (C=O) groups is 2. The highest BCUT2D eigenvalue weighted by atomic mass is 32.2. The molecule has 1 amide bonds. The Morgan fingerprint density at radius 3 is 2.54 bits per heavy atom. The van der Waals surface area contributed by atoms with Crippen molar-refractivity contribution < 1.29 is 18.0 Å². The number of ketones is 1. The van der Waals surface area contributed by atoms with Gasteiger partial charge in [-0.25, -0.2) is 8.42 Å². The number of amides is 1. The molecule has 0 fully saturated rings. The number of sulfonamides is 1. The molecule has 0 saturated carbocycles. The van der Waals surface area contributed by atoms with Crippen LogP contribution >= 0.6 is 11.3 Å². The summed E-state index contributed by atoms with van der Waals surface area (Å²) < 4.78 is 26.3. The Bertz CT molecular complexity index is 1170. The Labute approximate surface area is 167 Å². The molecule has 0 unspecified atom stereocenters. The van der Waals surface area contributed by atoms with Crippen LogP contribution in [0.5, 0.6) is 0 Å². The minimum absolute atomic E-state index is 0.0121. The maximum Gasteiger partial charge on any atom is 0.265 e. The summed E-state index contributed by atoms with van der Waals surface area (Å²) in [6.45, 7) is 3.07. The molecule has 0 saturated heterocycles. The van der Waals surface area contributed by atoms with E-state index in [-0.39, 0.29) is 17.4 Å². The van der Waals surface area contributed by atoms with Crippen molar-refractivity contribution in [3.8, 4) is 0 Å². The van der Waals surface area contributed by atoms with Gasteiger partial charge in [-0.3, -0.25) is 13.9 Å². The second kappa shape index (κ2) is 7.73. The molecule has 3 rings (SSSR count). The molecular formula is C20H20N2O4S2. The SMILES string of the molecule is CCS(=O)(=O)N(C)c1ccc2sc(C(=O)Nc3cccc(C(C)=O)c3)cc2c1. The Balaban J connectivity index is 1.87. The largest absolute Gasteiger partial charge is 0.321 e. The number of hydrogen-bond acceptors (Lipinski definition) is 5. The zero-order chi connectivity index (χ0) is 20.5. The predicted octanol–water partition coefficient (Wildman–Crippen LogP) is 4.14. The van der Waals surface area contributed by atoms with Crippen LogP contribution < -0.4 is 9.62 Å². The molecule has 3 aromatic rings. The summed E-state index contributed by atoms with van der Waals surface area (Å²) in [6.07, 6.45) is 0. The van der Waals surface area contributed by atoms with Crippen LogP contribution in [0.1, 0.15) is 33.9 Å². The first-order valence-corrected chi connectivity index (χ1v) is 11.1. The number of benzene rings is 2. The molecule has 1 N–H and O–H groups in total. The van der Waals surface area contributed by atoms with Crippen LogP contribution in [-0.4, -0.2) is 32.9 Å². The van der Waals surface area contributed by atoms with Crippen molar-refractivity contribution in [2.75, 3.05) is 22.4 Å². The smallest absolute Gasteiger partial charge is 0.265 e. The third kappa shape index (κ3) is 4.07. The summed E-state index contributed by atoms with van der Waals surface area (Å²) in [5.41, 5.74) is 1.62. The molecule has 0 bridgehead atoms. The number of rotatable bonds is 6. The van der Waals surface area contributed by atoms with Crippen molar-refractivity contribution >= 4 is 54.5 Å². The van der Waals surface area contributed by atoms with Gasteiger partial charge in [0, 0.05) is 23.0 Å². The van der Waals surface area contributed by atoms with E-state index in [0.29, 0.717) is 21.8 Å². The van der Waals surface area contributed by atoms with Gasteiger partial charge in [0.15, 0.2) is 5.78 Å². The maximum atomic E-state index is 12.6. The zero-order valence-corrected chi connectivity index (χ0v) is 17.4. The van der Waals surface area contributed by atoms with Crippen molar-refractivity contribution in [3.05, 3.63) is 59.0 Å².